The molecule has 4 nitrogen and oxygen atoms in total. The molecule has 0 saturated carbocycles. The molecule has 0 aromatic heterocycles. The van der Waals surface area contributed by atoms with E-state index in [9.17, 15) is 17.2 Å². The predicted molar refractivity (Wildman–Crippen MR) is 50.5 cm³/mol. The van der Waals surface area contributed by atoms with Crippen molar-refractivity contribution in [2.45, 2.75) is 11.4 Å². The fraction of sp³-hybridized carbons (Fsp3) is 0.250. The number of rotatable bonds is 3. The Labute approximate surface area is 86.1 Å². The lowest BCUT2D eigenvalue weighted by molar-refractivity contribution is 0.482. The Kier molecular flexibility index (Phi) is 3.38. The van der Waals surface area contributed by atoms with E-state index in [2.05, 4.69) is 5.32 Å². The second kappa shape index (κ2) is 4.21. The Morgan fingerprint density at radius 3 is 2.47 bits per heavy atom. The van der Waals surface area contributed by atoms with Crippen LogP contribution in [0.5, 0.6) is 0 Å². The highest BCUT2D eigenvalue weighted by Crippen LogP contribution is 2.18. The first kappa shape index (κ1) is 12.0. The van der Waals surface area contributed by atoms with Gasteiger partial charge in [-0.2, -0.15) is 0 Å². The largest absolute Gasteiger partial charge is 0.316 e. The van der Waals surface area contributed by atoms with Gasteiger partial charge in [-0.05, 0) is 24.7 Å². The third-order valence-electron chi connectivity index (χ3n) is 1.74. The first-order chi connectivity index (χ1) is 6.86. The molecule has 0 aliphatic rings. The monoisotopic (exact) mass is 236 g/mol. The molecule has 0 aliphatic heterocycles. The normalized spacial score (nSPS) is 11.7. The maximum absolute atomic E-state index is 13.1. The maximum Gasteiger partial charge on any atom is 0.241 e. The van der Waals surface area contributed by atoms with Gasteiger partial charge in [0, 0.05) is 6.54 Å². The summed E-state index contributed by atoms with van der Waals surface area (Å²) in [5, 5.41) is 7.42. The molecule has 1 rings (SSSR count). The Morgan fingerprint density at radius 1 is 1.40 bits per heavy atom. The molecule has 1 aromatic carbocycles. The van der Waals surface area contributed by atoms with Crippen molar-refractivity contribution in [2.24, 2.45) is 5.14 Å². The van der Waals surface area contributed by atoms with Crippen LogP contribution in [0.15, 0.2) is 17.0 Å². The summed E-state index contributed by atoms with van der Waals surface area (Å²) < 4.78 is 47.9. The van der Waals surface area contributed by atoms with Crippen LogP contribution in [0.1, 0.15) is 5.56 Å². The topological polar surface area (TPSA) is 72.2 Å². The van der Waals surface area contributed by atoms with E-state index in [4.69, 9.17) is 5.14 Å². The fourth-order valence-corrected chi connectivity index (χ4v) is 1.79. The van der Waals surface area contributed by atoms with Crippen molar-refractivity contribution in [1.29, 1.82) is 0 Å². The molecule has 0 spiro atoms. The van der Waals surface area contributed by atoms with E-state index in [1.54, 1.807) is 7.05 Å². The summed E-state index contributed by atoms with van der Waals surface area (Å²) in [4.78, 5) is -0.826. The Morgan fingerprint density at radius 2 is 2.00 bits per heavy atom. The maximum atomic E-state index is 13.1. The third-order valence-corrected chi connectivity index (χ3v) is 2.65. The van der Waals surface area contributed by atoms with Gasteiger partial charge >= 0.3 is 0 Å². The minimum absolute atomic E-state index is 0.222. The van der Waals surface area contributed by atoms with Crippen LogP contribution in [0.4, 0.5) is 8.78 Å². The Bertz CT molecular complexity index is 474. The van der Waals surface area contributed by atoms with Gasteiger partial charge in [0.2, 0.25) is 10.0 Å². The molecular weight excluding hydrogens is 226 g/mol. The summed E-state index contributed by atoms with van der Waals surface area (Å²) >= 11 is 0. The van der Waals surface area contributed by atoms with Gasteiger partial charge in [-0.3, -0.25) is 0 Å². The minimum Gasteiger partial charge on any atom is -0.316 e. The zero-order chi connectivity index (χ0) is 11.6. The van der Waals surface area contributed by atoms with Gasteiger partial charge in [0.15, 0.2) is 11.6 Å². The lowest BCUT2D eigenvalue weighted by atomic mass is 10.2. The van der Waals surface area contributed by atoms with Gasteiger partial charge < -0.3 is 5.32 Å². The van der Waals surface area contributed by atoms with Gasteiger partial charge in [-0.25, -0.2) is 22.3 Å². The number of hydrogen-bond acceptors (Lipinski definition) is 3. The summed E-state index contributed by atoms with van der Waals surface area (Å²) in [6.45, 7) is 0.222. The summed E-state index contributed by atoms with van der Waals surface area (Å²) in [7, 11) is -2.64. The third kappa shape index (κ3) is 2.71. The van der Waals surface area contributed by atoms with E-state index in [1.165, 1.54) is 0 Å². The number of nitrogens with two attached hydrogens (primary N) is 1. The van der Waals surface area contributed by atoms with Crippen molar-refractivity contribution in [1.82, 2.24) is 5.32 Å². The first-order valence-electron chi connectivity index (χ1n) is 4.01. The van der Waals surface area contributed by atoms with E-state index < -0.39 is 26.6 Å². The van der Waals surface area contributed by atoms with E-state index in [1.807, 2.05) is 0 Å². The average molecular weight is 236 g/mol. The van der Waals surface area contributed by atoms with Crippen molar-refractivity contribution < 1.29 is 17.2 Å². The predicted octanol–water partition coefficient (Wildman–Crippen LogP) is 0.332. The highest BCUT2D eigenvalue weighted by Gasteiger charge is 2.19. The fourth-order valence-electron chi connectivity index (χ4n) is 1.13. The molecule has 15 heavy (non-hydrogen) atoms. The molecule has 7 heteroatoms. The van der Waals surface area contributed by atoms with E-state index in [0.717, 1.165) is 12.1 Å². The van der Waals surface area contributed by atoms with Crippen LogP contribution < -0.4 is 10.5 Å². The molecule has 0 amide bonds. The average Bonchev–Trinajstić information content (AvgIpc) is 2.09. The minimum atomic E-state index is -4.24. The molecule has 0 radical (unpaired) electrons. The summed E-state index contributed by atoms with van der Waals surface area (Å²) in [5.41, 5.74) is 0.306. The smallest absolute Gasteiger partial charge is 0.241 e. The highest BCUT2D eigenvalue weighted by molar-refractivity contribution is 7.89. The zero-order valence-corrected chi connectivity index (χ0v) is 8.74. The second-order valence-corrected chi connectivity index (χ2v) is 4.49. The standard InChI is InChI=1S/C8H10F2N2O2S/c1-12-4-5-2-6(9)8(10)7(3-5)15(11,13)14/h2-3,12H,4H2,1H3,(H2,11,13,14). The van der Waals surface area contributed by atoms with Crippen molar-refractivity contribution in [3.63, 3.8) is 0 Å². The number of sulfonamides is 1. The number of halogens is 2. The van der Waals surface area contributed by atoms with Gasteiger partial charge in [0.05, 0.1) is 0 Å². The zero-order valence-electron chi connectivity index (χ0n) is 7.92. The molecule has 3 N–H and O–H groups in total. The van der Waals surface area contributed by atoms with Crippen molar-refractivity contribution >= 4 is 10.0 Å². The lowest BCUT2D eigenvalue weighted by Crippen LogP contribution is -2.16. The van der Waals surface area contributed by atoms with Crippen LogP contribution in [0.3, 0.4) is 0 Å². The Balaban J connectivity index is 3.38. The number of primary sulfonamides is 1. The summed E-state index contributed by atoms with van der Waals surface area (Å²) in [6, 6.07) is 1.92. The van der Waals surface area contributed by atoms with Crippen LogP contribution in [-0.4, -0.2) is 15.5 Å². The van der Waals surface area contributed by atoms with Crippen molar-refractivity contribution in [2.75, 3.05) is 7.05 Å². The van der Waals surface area contributed by atoms with Gasteiger partial charge in [-0.1, -0.05) is 0 Å². The van der Waals surface area contributed by atoms with Gasteiger partial charge in [0.25, 0.3) is 0 Å². The van der Waals surface area contributed by atoms with E-state index in [0.29, 0.717) is 5.56 Å². The molecule has 0 bridgehead atoms. The molecule has 0 heterocycles. The first-order valence-corrected chi connectivity index (χ1v) is 5.56. The second-order valence-electron chi connectivity index (χ2n) is 2.97. The summed E-state index contributed by atoms with van der Waals surface area (Å²) in [6.07, 6.45) is 0. The SMILES string of the molecule is CNCc1cc(F)c(F)c(S(N)(=O)=O)c1. The molecular formula is C8H10F2N2O2S. The molecule has 0 saturated heterocycles. The van der Waals surface area contributed by atoms with Crippen LogP contribution in [0.25, 0.3) is 0 Å². The summed E-state index contributed by atoms with van der Waals surface area (Å²) in [5.74, 6) is -2.68. The van der Waals surface area contributed by atoms with Crippen LogP contribution in [0, 0.1) is 11.6 Å². The quantitative estimate of drug-likeness (QED) is 0.794. The van der Waals surface area contributed by atoms with E-state index in [-0.39, 0.29) is 6.54 Å². The number of nitrogens with one attached hydrogen (secondary N) is 1. The number of benzene rings is 1. The molecule has 0 atom stereocenters. The van der Waals surface area contributed by atoms with Crippen molar-refractivity contribution in [3.05, 3.63) is 29.3 Å². The molecule has 84 valence electrons. The molecule has 1 aromatic rings. The van der Waals surface area contributed by atoms with Crippen LogP contribution >= 0.6 is 0 Å². The van der Waals surface area contributed by atoms with Gasteiger partial charge in [0.1, 0.15) is 4.90 Å². The van der Waals surface area contributed by atoms with E-state index >= 15 is 0 Å². The lowest BCUT2D eigenvalue weighted by Gasteiger charge is -2.05. The highest BCUT2D eigenvalue weighted by atomic mass is 32.2. The Hall–Kier alpha value is -1.05. The molecule has 0 aliphatic carbocycles. The van der Waals surface area contributed by atoms with Crippen LogP contribution in [0.2, 0.25) is 0 Å². The van der Waals surface area contributed by atoms with Gasteiger partial charge in [-0.15, -0.1) is 0 Å². The number of hydrogen-bond donors (Lipinski definition) is 2. The van der Waals surface area contributed by atoms with Crippen LogP contribution in [-0.2, 0) is 16.6 Å². The van der Waals surface area contributed by atoms with Crippen molar-refractivity contribution in [3.8, 4) is 0 Å². The molecule has 0 fully saturated rings. The molecule has 0 unspecified atom stereocenters.